The fourth-order valence-corrected chi connectivity index (χ4v) is 4.70. The highest BCUT2D eigenvalue weighted by Gasteiger charge is 2.31. The summed E-state index contributed by atoms with van der Waals surface area (Å²) in [6.45, 7) is 6.29. The standard InChI is InChI=1S/C30H32F3N5O3/c1-3-36(20-21-11-13-22(14-12-21)30(31,32)33)18-19-37(4-2)26(39)15-16-27(40)38-25-10-6-5-8-23(25)29(41)35-24-9-7-17-34-28(24)38/h5-14,17H,3-4,15-16,18-20H2,1-2H3,(H,35,41). The largest absolute Gasteiger partial charge is 0.416 e. The maximum atomic E-state index is 13.5. The molecule has 11 heteroatoms. The van der Waals surface area contributed by atoms with Crippen LogP contribution in [0.2, 0.25) is 0 Å². The second-order valence-electron chi connectivity index (χ2n) is 9.61. The maximum absolute atomic E-state index is 13.5. The number of amides is 3. The number of alkyl halides is 3. The molecule has 3 aromatic rings. The molecule has 2 heterocycles. The summed E-state index contributed by atoms with van der Waals surface area (Å²) in [4.78, 5) is 48.8. The minimum Gasteiger partial charge on any atom is -0.342 e. The second-order valence-corrected chi connectivity index (χ2v) is 9.61. The zero-order valence-electron chi connectivity index (χ0n) is 22.9. The quantitative estimate of drug-likeness (QED) is 0.351. The molecule has 0 unspecified atom stereocenters. The van der Waals surface area contributed by atoms with Gasteiger partial charge in [0, 0.05) is 45.2 Å². The van der Waals surface area contributed by atoms with Crippen LogP contribution in [-0.2, 0) is 22.3 Å². The van der Waals surface area contributed by atoms with E-state index in [1.54, 1.807) is 41.3 Å². The summed E-state index contributed by atoms with van der Waals surface area (Å²) in [5.41, 5.74) is 1.19. The number of nitrogens with zero attached hydrogens (tertiary/aromatic N) is 4. The van der Waals surface area contributed by atoms with E-state index in [0.29, 0.717) is 49.7 Å². The molecular weight excluding hydrogens is 535 g/mol. The number of pyridine rings is 1. The third-order valence-corrected chi connectivity index (χ3v) is 6.99. The van der Waals surface area contributed by atoms with Crippen molar-refractivity contribution in [2.24, 2.45) is 0 Å². The molecule has 0 bridgehead atoms. The van der Waals surface area contributed by atoms with Gasteiger partial charge in [0.2, 0.25) is 11.8 Å². The van der Waals surface area contributed by atoms with Crippen molar-refractivity contribution in [3.63, 3.8) is 0 Å². The van der Waals surface area contributed by atoms with Crippen molar-refractivity contribution in [3.05, 3.63) is 83.6 Å². The Balaban J connectivity index is 1.38. The van der Waals surface area contributed by atoms with Crippen molar-refractivity contribution >= 4 is 34.9 Å². The van der Waals surface area contributed by atoms with Crippen LogP contribution in [0.15, 0.2) is 66.9 Å². The van der Waals surface area contributed by atoms with E-state index in [2.05, 4.69) is 10.3 Å². The summed E-state index contributed by atoms with van der Waals surface area (Å²) >= 11 is 0. The molecule has 0 aliphatic carbocycles. The van der Waals surface area contributed by atoms with Crippen LogP contribution in [-0.4, -0.2) is 58.7 Å². The number of fused-ring (bicyclic) bond motifs is 2. The highest BCUT2D eigenvalue weighted by molar-refractivity contribution is 6.17. The summed E-state index contributed by atoms with van der Waals surface area (Å²) in [7, 11) is 0. The lowest BCUT2D eigenvalue weighted by molar-refractivity contribution is -0.137. The SMILES string of the molecule is CCN(CCN(CC)C(=O)CCC(=O)N1c2ccccc2C(=O)Nc2cccnc21)Cc1ccc(C(F)(F)F)cc1. The molecule has 1 aromatic heterocycles. The zero-order valence-corrected chi connectivity index (χ0v) is 22.9. The summed E-state index contributed by atoms with van der Waals surface area (Å²) in [6, 6.07) is 15.2. The summed E-state index contributed by atoms with van der Waals surface area (Å²) in [6.07, 6.45) is -2.96. The molecule has 1 aliphatic rings. The normalized spacial score (nSPS) is 12.8. The number of hydrogen-bond acceptors (Lipinski definition) is 5. The molecule has 1 aliphatic heterocycles. The Labute approximate surface area is 236 Å². The first-order chi connectivity index (χ1) is 19.6. The zero-order chi connectivity index (χ0) is 29.6. The van der Waals surface area contributed by atoms with Crippen LogP contribution in [0.25, 0.3) is 0 Å². The molecule has 0 radical (unpaired) electrons. The van der Waals surface area contributed by atoms with E-state index in [0.717, 1.165) is 17.7 Å². The van der Waals surface area contributed by atoms with Gasteiger partial charge in [0.15, 0.2) is 5.82 Å². The van der Waals surface area contributed by atoms with E-state index in [4.69, 9.17) is 0 Å². The fraction of sp³-hybridized carbons (Fsp3) is 0.333. The molecule has 0 atom stereocenters. The van der Waals surface area contributed by atoms with Gasteiger partial charge in [0.1, 0.15) is 0 Å². The van der Waals surface area contributed by atoms with Gasteiger partial charge in [-0.1, -0.05) is 31.2 Å². The Morgan fingerprint density at radius 2 is 1.66 bits per heavy atom. The Morgan fingerprint density at radius 1 is 0.927 bits per heavy atom. The van der Waals surface area contributed by atoms with Gasteiger partial charge in [-0.3, -0.25) is 24.2 Å². The molecule has 0 saturated heterocycles. The van der Waals surface area contributed by atoms with E-state index in [-0.39, 0.29) is 36.4 Å². The minimum atomic E-state index is -4.38. The van der Waals surface area contributed by atoms with Crippen molar-refractivity contribution in [2.75, 3.05) is 36.4 Å². The van der Waals surface area contributed by atoms with E-state index < -0.39 is 11.7 Å². The first-order valence-corrected chi connectivity index (χ1v) is 13.5. The minimum absolute atomic E-state index is 0.0279. The first-order valence-electron chi connectivity index (χ1n) is 13.5. The second kappa shape index (κ2) is 12.9. The van der Waals surface area contributed by atoms with E-state index in [1.165, 1.54) is 23.2 Å². The number of carbonyl (C=O) groups excluding carboxylic acids is 3. The topological polar surface area (TPSA) is 85.9 Å². The van der Waals surface area contributed by atoms with Crippen molar-refractivity contribution in [3.8, 4) is 0 Å². The number of likely N-dealkylation sites (N-methyl/N-ethyl adjacent to an activating group) is 2. The van der Waals surface area contributed by atoms with Crippen molar-refractivity contribution < 1.29 is 27.6 Å². The summed E-state index contributed by atoms with van der Waals surface area (Å²) in [5.74, 6) is -0.617. The Kier molecular flexibility index (Phi) is 9.38. The third kappa shape index (κ3) is 7.10. The van der Waals surface area contributed by atoms with Crippen LogP contribution in [0.3, 0.4) is 0 Å². The highest BCUT2D eigenvalue weighted by Crippen LogP contribution is 2.36. The number of hydrogen-bond donors (Lipinski definition) is 1. The first kappa shape index (κ1) is 29.7. The van der Waals surface area contributed by atoms with E-state index in [1.807, 2.05) is 18.7 Å². The highest BCUT2D eigenvalue weighted by atomic mass is 19.4. The van der Waals surface area contributed by atoms with Crippen LogP contribution in [0.5, 0.6) is 0 Å². The van der Waals surface area contributed by atoms with Gasteiger partial charge in [-0.05, 0) is 55.4 Å². The fourth-order valence-electron chi connectivity index (χ4n) is 4.70. The van der Waals surface area contributed by atoms with Crippen molar-refractivity contribution in [1.82, 2.24) is 14.8 Å². The Morgan fingerprint density at radius 3 is 2.34 bits per heavy atom. The van der Waals surface area contributed by atoms with Gasteiger partial charge in [-0.25, -0.2) is 4.98 Å². The predicted molar refractivity (Wildman–Crippen MR) is 150 cm³/mol. The molecule has 41 heavy (non-hydrogen) atoms. The van der Waals surface area contributed by atoms with Crippen molar-refractivity contribution in [2.45, 2.75) is 39.4 Å². The Bertz CT molecular complexity index is 1390. The van der Waals surface area contributed by atoms with Crippen LogP contribution < -0.4 is 10.2 Å². The molecule has 0 saturated carbocycles. The number of halogens is 3. The number of rotatable bonds is 10. The molecule has 216 valence electrons. The van der Waals surface area contributed by atoms with E-state index in [9.17, 15) is 27.6 Å². The van der Waals surface area contributed by atoms with Crippen LogP contribution >= 0.6 is 0 Å². The van der Waals surface area contributed by atoms with Gasteiger partial charge in [-0.15, -0.1) is 0 Å². The van der Waals surface area contributed by atoms with Gasteiger partial charge in [-0.2, -0.15) is 13.2 Å². The number of para-hydroxylation sites is 1. The van der Waals surface area contributed by atoms with Gasteiger partial charge >= 0.3 is 6.18 Å². The van der Waals surface area contributed by atoms with Crippen LogP contribution in [0.1, 0.15) is 48.2 Å². The average molecular weight is 568 g/mol. The van der Waals surface area contributed by atoms with E-state index >= 15 is 0 Å². The average Bonchev–Trinajstić information content (AvgIpc) is 3.09. The Hall–Kier alpha value is -4.25. The number of anilines is 3. The smallest absolute Gasteiger partial charge is 0.342 e. The van der Waals surface area contributed by atoms with Crippen LogP contribution in [0.4, 0.5) is 30.4 Å². The number of nitrogens with one attached hydrogen (secondary N) is 1. The number of aromatic nitrogens is 1. The molecule has 0 spiro atoms. The van der Waals surface area contributed by atoms with Gasteiger partial charge in [0.05, 0.1) is 22.5 Å². The molecule has 1 N–H and O–H groups in total. The van der Waals surface area contributed by atoms with Crippen molar-refractivity contribution in [1.29, 1.82) is 0 Å². The molecule has 0 fully saturated rings. The van der Waals surface area contributed by atoms with Crippen LogP contribution in [0, 0.1) is 0 Å². The molecular formula is C30H32F3N5O3. The number of carbonyl (C=O) groups is 3. The lowest BCUT2D eigenvalue weighted by Crippen LogP contribution is -2.39. The molecule has 4 rings (SSSR count). The third-order valence-electron chi connectivity index (χ3n) is 6.99. The monoisotopic (exact) mass is 567 g/mol. The van der Waals surface area contributed by atoms with Gasteiger partial charge in [0.25, 0.3) is 5.91 Å². The number of benzene rings is 2. The lowest BCUT2D eigenvalue weighted by atomic mass is 10.1. The maximum Gasteiger partial charge on any atom is 0.416 e. The molecule has 8 nitrogen and oxygen atoms in total. The molecule has 3 amide bonds. The lowest BCUT2D eigenvalue weighted by Gasteiger charge is -2.27. The summed E-state index contributed by atoms with van der Waals surface area (Å²) < 4.78 is 38.6. The summed E-state index contributed by atoms with van der Waals surface area (Å²) in [5, 5.41) is 2.79. The van der Waals surface area contributed by atoms with Gasteiger partial charge < -0.3 is 10.2 Å². The molecule has 2 aromatic carbocycles. The predicted octanol–water partition coefficient (Wildman–Crippen LogP) is 5.48.